The van der Waals surface area contributed by atoms with Gasteiger partial charge in [0.1, 0.15) is 5.41 Å². The van der Waals surface area contributed by atoms with Crippen LogP contribution in [0.15, 0.2) is 0 Å². The molecule has 0 aromatic carbocycles. The molecule has 4 nitrogen and oxygen atoms in total. The van der Waals surface area contributed by atoms with Crippen molar-refractivity contribution >= 4 is 5.91 Å². The minimum atomic E-state index is -0.300. The molecule has 0 unspecified atom stereocenters. The zero-order chi connectivity index (χ0) is 10.4. The molecule has 0 spiro atoms. The lowest BCUT2D eigenvalue weighted by atomic mass is 9.84. The van der Waals surface area contributed by atoms with Crippen molar-refractivity contribution in [2.75, 3.05) is 32.8 Å². The van der Waals surface area contributed by atoms with Gasteiger partial charge in [0.15, 0.2) is 0 Å². The zero-order valence-electron chi connectivity index (χ0n) is 9.06. The molecule has 0 bridgehead atoms. The fraction of sp³-hybridized carbons (Fsp3) is 0.900. The first kappa shape index (κ1) is 11.5. The Balaban J connectivity index is 0. The third-order valence-corrected chi connectivity index (χ3v) is 2.49. The van der Waals surface area contributed by atoms with Crippen LogP contribution >= 0.6 is 0 Å². The van der Waals surface area contributed by atoms with Crippen LogP contribution in [-0.2, 0) is 9.53 Å². The summed E-state index contributed by atoms with van der Waals surface area (Å²) in [5.74, 6) is 0.131. The Morgan fingerprint density at radius 1 is 1.50 bits per heavy atom. The minimum Gasteiger partial charge on any atom is -0.379 e. The molecule has 0 aliphatic carbocycles. The highest BCUT2D eigenvalue weighted by Crippen LogP contribution is 2.26. The van der Waals surface area contributed by atoms with Crippen LogP contribution in [-0.4, -0.2) is 38.8 Å². The van der Waals surface area contributed by atoms with Gasteiger partial charge in [-0.3, -0.25) is 4.79 Å². The van der Waals surface area contributed by atoms with Crippen LogP contribution in [0.25, 0.3) is 0 Å². The van der Waals surface area contributed by atoms with Crippen LogP contribution in [0.5, 0.6) is 0 Å². The summed E-state index contributed by atoms with van der Waals surface area (Å²) in [6.07, 6.45) is 0.976. The summed E-state index contributed by atoms with van der Waals surface area (Å²) in [5.41, 5.74) is -0.300. The van der Waals surface area contributed by atoms with E-state index in [0.717, 1.165) is 26.1 Å². The topological polar surface area (TPSA) is 50.4 Å². The molecule has 1 heterocycles. The molecule has 1 fully saturated rings. The molecule has 86 valence electrons. The van der Waals surface area contributed by atoms with E-state index < -0.39 is 0 Å². The molecule has 1 aliphatic heterocycles. The number of rotatable bonds is 6. The van der Waals surface area contributed by atoms with Crippen LogP contribution in [0.2, 0.25) is 0 Å². The van der Waals surface area contributed by atoms with E-state index in [-0.39, 0.29) is 14.2 Å². The SMILES string of the molecule is CCCNC(=O)C1(CNCC)COC1.[HH].[HH]. The quantitative estimate of drug-likeness (QED) is 0.667. The van der Waals surface area contributed by atoms with Crippen molar-refractivity contribution in [3.8, 4) is 0 Å². The maximum absolute atomic E-state index is 11.8. The first-order valence-corrected chi connectivity index (χ1v) is 5.32. The van der Waals surface area contributed by atoms with Crippen molar-refractivity contribution in [2.24, 2.45) is 5.41 Å². The number of carbonyl (C=O) groups excluding carboxylic acids is 1. The average molecular weight is 204 g/mol. The van der Waals surface area contributed by atoms with Gasteiger partial charge in [-0.1, -0.05) is 13.8 Å². The molecule has 2 N–H and O–H groups in total. The summed E-state index contributed by atoms with van der Waals surface area (Å²) in [4.78, 5) is 11.8. The summed E-state index contributed by atoms with van der Waals surface area (Å²) < 4.78 is 5.14. The Labute approximate surface area is 88.4 Å². The van der Waals surface area contributed by atoms with Gasteiger partial charge in [0.2, 0.25) is 5.91 Å². The third kappa shape index (κ3) is 2.45. The highest BCUT2D eigenvalue weighted by Gasteiger charge is 2.45. The first-order valence-electron chi connectivity index (χ1n) is 5.32. The van der Waals surface area contributed by atoms with Crippen LogP contribution < -0.4 is 10.6 Å². The van der Waals surface area contributed by atoms with Crippen molar-refractivity contribution in [2.45, 2.75) is 20.3 Å². The molecule has 0 atom stereocenters. The number of amides is 1. The second kappa shape index (κ2) is 5.32. The molecule has 0 aromatic heterocycles. The fourth-order valence-corrected chi connectivity index (χ4v) is 1.45. The van der Waals surface area contributed by atoms with E-state index in [9.17, 15) is 4.79 Å². The van der Waals surface area contributed by atoms with Crippen LogP contribution in [0.4, 0.5) is 0 Å². The molecule has 14 heavy (non-hydrogen) atoms. The Bertz CT molecular complexity index is 199. The minimum absolute atomic E-state index is 0. The van der Waals surface area contributed by atoms with Crippen LogP contribution in [0.1, 0.15) is 23.1 Å². The Hall–Kier alpha value is -0.610. The van der Waals surface area contributed by atoms with Gasteiger partial charge < -0.3 is 15.4 Å². The molecule has 1 aliphatic rings. The summed E-state index contributed by atoms with van der Waals surface area (Å²) in [7, 11) is 0. The third-order valence-electron chi connectivity index (χ3n) is 2.49. The highest BCUT2D eigenvalue weighted by atomic mass is 16.5. The summed E-state index contributed by atoms with van der Waals surface area (Å²) in [6, 6.07) is 0. The van der Waals surface area contributed by atoms with Crippen molar-refractivity contribution in [3.05, 3.63) is 0 Å². The average Bonchev–Trinajstić information content (AvgIpc) is 2.13. The number of nitrogens with one attached hydrogen (secondary N) is 2. The summed E-state index contributed by atoms with van der Waals surface area (Å²) >= 11 is 0. The first-order chi connectivity index (χ1) is 6.75. The van der Waals surface area contributed by atoms with Gasteiger partial charge in [-0.25, -0.2) is 0 Å². The van der Waals surface area contributed by atoms with E-state index in [1.165, 1.54) is 0 Å². The molecule has 1 rings (SSSR count). The molecule has 0 saturated carbocycles. The van der Waals surface area contributed by atoms with Crippen molar-refractivity contribution in [1.82, 2.24) is 10.6 Å². The summed E-state index contributed by atoms with van der Waals surface area (Å²) in [5, 5.41) is 6.13. The second-order valence-corrected chi connectivity index (χ2v) is 3.81. The zero-order valence-corrected chi connectivity index (χ0v) is 9.06. The number of hydrogen-bond donors (Lipinski definition) is 2. The molecule has 1 amide bonds. The summed E-state index contributed by atoms with van der Waals surface area (Å²) in [6.45, 7) is 7.56. The predicted octanol–water partition coefficient (Wildman–Crippen LogP) is 0.631. The van der Waals surface area contributed by atoms with Gasteiger partial charge in [-0.2, -0.15) is 0 Å². The van der Waals surface area contributed by atoms with Crippen molar-refractivity contribution in [3.63, 3.8) is 0 Å². The van der Waals surface area contributed by atoms with E-state index in [4.69, 9.17) is 4.74 Å². The van der Waals surface area contributed by atoms with E-state index >= 15 is 0 Å². The predicted molar refractivity (Wildman–Crippen MR) is 59.3 cm³/mol. The molecule has 1 saturated heterocycles. The lowest BCUT2D eigenvalue weighted by molar-refractivity contribution is -0.160. The van der Waals surface area contributed by atoms with Gasteiger partial charge in [0.25, 0.3) is 0 Å². The number of ether oxygens (including phenoxy) is 1. The van der Waals surface area contributed by atoms with E-state index in [1.54, 1.807) is 0 Å². The smallest absolute Gasteiger partial charge is 0.232 e. The van der Waals surface area contributed by atoms with Gasteiger partial charge in [0.05, 0.1) is 13.2 Å². The Morgan fingerprint density at radius 2 is 2.21 bits per heavy atom. The number of hydrogen-bond acceptors (Lipinski definition) is 3. The molecule has 0 radical (unpaired) electrons. The highest BCUT2D eigenvalue weighted by molar-refractivity contribution is 5.84. The molecule has 4 heteroatoms. The van der Waals surface area contributed by atoms with Crippen LogP contribution in [0, 0.1) is 5.41 Å². The lowest BCUT2D eigenvalue weighted by Gasteiger charge is -2.39. The van der Waals surface area contributed by atoms with Gasteiger partial charge >= 0.3 is 0 Å². The molecule has 0 aromatic rings. The maximum Gasteiger partial charge on any atom is 0.232 e. The number of carbonyl (C=O) groups is 1. The van der Waals surface area contributed by atoms with E-state index in [2.05, 4.69) is 17.6 Å². The van der Waals surface area contributed by atoms with Gasteiger partial charge in [-0.05, 0) is 13.0 Å². The van der Waals surface area contributed by atoms with E-state index in [0.29, 0.717) is 13.2 Å². The normalized spacial score (nSPS) is 18.7. The monoisotopic (exact) mass is 204 g/mol. The second-order valence-electron chi connectivity index (χ2n) is 3.81. The van der Waals surface area contributed by atoms with Gasteiger partial charge in [-0.15, -0.1) is 0 Å². The fourth-order valence-electron chi connectivity index (χ4n) is 1.45. The van der Waals surface area contributed by atoms with Crippen molar-refractivity contribution < 1.29 is 12.4 Å². The standard InChI is InChI=1S/C10H20N2O2.2H2/c1-3-5-12-9(13)10(6-11-4-2)7-14-8-10;;/h11H,3-8H2,1-2H3,(H,12,13);2*1H. The largest absolute Gasteiger partial charge is 0.379 e. The van der Waals surface area contributed by atoms with E-state index in [1.807, 2.05) is 6.92 Å². The Kier molecular flexibility index (Phi) is 4.35. The maximum atomic E-state index is 11.8. The lowest BCUT2D eigenvalue weighted by Crippen LogP contribution is -2.59. The van der Waals surface area contributed by atoms with Crippen LogP contribution in [0.3, 0.4) is 0 Å². The van der Waals surface area contributed by atoms with Gasteiger partial charge in [0, 0.05) is 15.9 Å². The molecular formula is C10H24N2O2. The van der Waals surface area contributed by atoms with Crippen molar-refractivity contribution in [1.29, 1.82) is 0 Å². The Morgan fingerprint density at radius 3 is 2.64 bits per heavy atom. The molecular weight excluding hydrogens is 180 g/mol.